The summed E-state index contributed by atoms with van der Waals surface area (Å²) in [5, 5.41) is 2.56. The van der Waals surface area contributed by atoms with Crippen LogP contribution in [0.3, 0.4) is 0 Å². The van der Waals surface area contributed by atoms with Gasteiger partial charge in [-0.3, -0.25) is 0 Å². The number of halogens is 3. The van der Waals surface area contributed by atoms with Gasteiger partial charge in [0, 0.05) is 16.1 Å². The molecule has 1 aliphatic carbocycles. The van der Waals surface area contributed by atoms with Crippen LogP contribution in [0.4, 0.5) is 0 Å². The quantitative estimate of drug-likeness (QED) is 0.744. The second-order valence-corrected chi connectivity index (χ2v) is 5.63. The Morgan fingerprint density at radius 1 is 1.14 bits per heavy atom. The predicted molar refractivity (Wildman–Crippen MR) is 93.0 cm³/mol. The van der Waals surface area contributed by atoms with Crippen molar-refractivity contribution >= 4 is 35.6 Å². The van der Waals surface area contributed by atoms with Crippen molar-refractivity contribution < 1.29 is 8.22 Å². The molecular weight excluding hydrogens is 325 g/mol. The average molecular weight is 349 g/mol. The number of fused-ring (bicyclic) bond motifs is 1. The highest BCUT2D eigenvalue weighted by Gasteiger charge is 2.27. The monoisotopic (exact) mass is 347 g/mol. The molecule has 4 heteroatoms. The molecule has 3 rings (SSSR count). The van der Waals surface area contributed by atoms with Crippen molar-refractivity contribution in [1.29, 1.82) is 0 Å². The van der Waals surface area contributed by atoms with Crippen LogP contribution in [0.5, 0.6) is 0 Å². The Bertz CT molecular complexity index is 826. The third-order valence-corrected chi connectivity index (χ3v) is 4.42. The van der Waals surface area contributed by atoms with Crippen molar-refractivity contribution in [1.82, 2.24) is 5.32 Å². The minimum absolute atomic E-state index is 0. The average Bonchev–Trinajstić information content (AvgIpc) is 2.59. The molecule has 0 amide bonds. The minimum Gasteiger partial charge on any atom is -0.313 e. The molecule has 0 aliphatic heterocycles. The van der Waals surface area contributed by atoms with E-state index in [0.717, 1.165) is 11.1 Å². The normalized spacial score (nSPS) is 25.2. The van der Waals surface area contributed by atoms with E-state index in [4.69, 9.17) is 31.4 Å². The maximum Gasteiger partial charge on any atom is 0.0642 e. The third kappa shape index (κ3) is 3.22. The van der Waals surface area contributed by atoms with Crippen LogP contribution in [0.25, 0.3) is 0 Å². The molecule has 0 bridgehead atoms. The van der Waals surface area contributed by atoms with Crippen LogP contribution in [0.15, 0.2) is 42.4 Å². The molecule has 1 nitrogen and oxygen atoms in total. The van der Waals surface area contributed by atoms with E-state index in [-0.39, 0.29) is 52.5 Å². The fourth-order valence-electron chi connectivity index (χ4n) is 2.80. The summed E-state index contributed by atoms with van der Waals surface area (Å²) in [5.41, 5.74) is 2.04. The molecule has 2 atom stereocenters. The first-order valence-corrected chi connectivity index (χ1v) is 7.18. The fourth-order valence-corrected chi connectivity index (χ4v) is 3.04. The molecule has 2 aromatic rings. The summed E-state index contributed by atoms with van der Waals surface area (Å²) in [6, 6.07) is 6.74. The Morgan fingerprint density at radius 3 is 2.67 bits per heavy atom. The van der Waals surface area contributed by atoms with Gasteiger partial charge in [-0.2, -0.15) is 0 Å². The van der Waals surface area contributed by atoms with Crippen LogP contribution in [0.1, 0.15) is 49.7 Å². The Hall–Kier alpha value is -0.730. The van der Waals surface area contributed by atoms with Crippen LogP contribution in [0.2, 0.25) is 10.0 Å². The Balaban J connectivity index is 0.00000261. The lowest BCUT2D eigenvalue weighted by molar-refractivity contribution is 0.471. The fraction of sp³-hybridized carbons (Fsp3) is 0.294. The predicted octanol–water partition coefficient (Wildman–Crippen LogP) is 5.60. The second-order valence-electron chi connectivity index (χ2n) is 4.87. The lowest BCUT2D eigenvalue weighted by Crippen LogP contribution is -2.24. The van der Waals surface area contributed by atoms with E-state index in [0.29, 0.717) is 18.4 Å². The molecule has 112 valence electrons. The Morgan fingerprint density at radius 2 is 1.90 bits per heavy atom. The zero-order valence-corrected chi connectivity index (χ0v) is 13.4. The zero-order chi connectivity index (χ0) is 19.2. The largest absolute Gasteiger partial charge is 0.313 e. The van der Waals surface area contributed by atoms with Crippen molar-refractivity contribution in [2.24, 2.45) is 0 Å². The standard InChI is InChI=1S/C17H17Cl2N.ClH/c1-20-17-9-7-12(13-4-2-3-5-14(13)17)11-6-8-15(18)16(19)10-11;/h2-6,8,10,12,17,20H,7,9H2,1H3;1H/t12-,17-;/m0./s1/i1D3,6D,8D,10D;. The van der Waals surface area contributed by atoms with E-state index in [9.17, 15) is 0 Å². The van der Waals surface area contributed by atoms with Gasteiger partial charge >= 0.3 is 0 Å². The van der Waals surface area contributed by atoms with E-state index in [1.54, 1.807) is 0 Å². The summed E-state index contributed by atoms with van der Waals surface area (Å²) in [7, 11) is 0. The van der Waals surface area contributed by atoms with Crippen molar-refractivity contribution in [2.75, 3.05) is 6.98 Å². The highest BCUT2D eigenvalue weighted by Crippen LogP contribution is 2.42. The van der Waals surface area contributed by atoms with Gasteiger partial charge in [-0.05, 0) is 48.6 Å². The molecule has 0 unspecified atom stereocenters. The molecule has 0 spiro atoms. The van der Waals surface area contributed by atoms with Crippen LogP contribution >= 0.6 is 35.6 Å². The van der Waals surface area contributed by atoms with Gasteiger partial charge in [0.25, 0.3) is 0 Å². The number of hydrogen-bond acceptors (Lipinski definition) is 1. The topological polar surface area (TPSA) is 12.0 Å². The van der Waals surface area contributed by atoms with Gasteiger partial charge in [0.2, 0.25) is 0 Å². The first kappa shape index (κ1) is 10.1. The molecule has 0 fully saturated rings. The molecule has 2 aromatic carbocycles. The molecule has 0 aromatic heterocycles. The third-order valence-electron chi connectivity index (χ3n) is 3.76. The lowest BCUT2D eigenvalue weighted by atomic mass is 9.77. The Labute approximate surface area is 150 Å². The lowest BCUT2D eigenvalue weighted by Gasteiger charge is -2.32. The number of nitrogens with one attached hydrogen (secondary N) is 1. The van der Waals surface area contributed by atoms with Gasteiger partial charge in [0.1, 0.15) is 0 Å². The molecular formula is C17H18Cl3N. The number of hydrogen-bond donors (Lipinski definition) is 1. The molecule has 21 heavy (non-hydrogen) atoms. The summed E-state index contributed by atoms with van der Waals surface area (Å²) in [4.78, 5) is 0. The van der Waals surface area contributed by atoms with E-state index in [1.165, 1.54) is 0 Å². The van der Waals surface area contributed by atoms with E-state index in [1.807, 2.05) is 24.3 Å². The summed E-state index contributed by atoms with van der Waals surface area (Å²) in [6.07, 6.45) is 1.08. The van der Waals surface area contributed by atoms with Gasteiger partial charge in [-0.1, -0.05) is 53.5 Å². The molecule has 0 saturated carbocycles. The van der Waals surface area contributed by atoms with E-state index >= 15 is 0 Å². The van der Waals surface area contributed by atoms with Crippen molar-refractivity contribution in [3.05, 3.63) is 69.1 Å². The summed E-state index contributed by atoms with van der Waals surface area (Å²) in [5.74, 6) is -0.306. The summed E-state index contributed by atoms with van der Waals surface area (Å²) < 4.78 is 47.1. The smallest absolute Gasteiger partial charge is 0.0642 e. The maximum absolute atomic E-state index is 8.32. The number of rotatable bonds is 2. The maximum atomic E-state index is 8.32. The Kier molecular flexibility index (Phi) is 3.38. The van der Waals surface area contributed by atoms with E-state index < -0.39 is 6.98 Å². The van der Waals surface area contributed by atoms with Crippen molar-refractivity contribution in [3.8, 4) is 0 Å². The van der Waals surface area contributed by atoms with Gasteiger partial charge in [-0.25, -0.2) is 0 Å². The minimum atomic E-state index is -2.26. The van der Waals surface area contributed by atoms with Crippen LogP contribution < -0.4 is 5.32 Å². The molecule has 0 saturated heterocycles. The highest BCUT2D eigenvalue weighted by atomic mass is 35.5. The first-order chi connectivity index (χ1) is 12.1. The molecule has 0 heterocycles. The van der Waals surface area contributed by atoms with Gasteiger partial charge in [0.05, 0.1) is 14.2 Å². The van der Waals surface area contributed by atoms with E-state index in [2.05, 4.69) is 5.32 Å². The van der Waals surface area contributed by atoms with Gasteiger partial charge in [0.15, 0.2) is 0 Å². The number of benzene rings is 2. The molecule has 1 aliphatic rings. The summed E-state index contributed by atoms with van der Waals surface area (Å²) >= 11 is 12.1. The molecule has 1 N–H and O–H groups in total. The van der Waals surface area contributed by atoms with Crippen LogP contribution in [-0.4, -0.2) is 6.98 Å². The summed E-state index contributed by atoms with van der Waals surface area (Å²) in [6.45, 7) is -2.26. The zero-order valence-electron chi connectivity index (χ0n) is 17.0. The van der Waals surface area contributed by atoms with Crippen molar-refractivity contribution in [2.45, 2.75) is 24.8 Å². The molecule has 0 radical (unpaired) electrons. The van der Waals surface area contributed by atoms with Crippen molar-refractivity contribution in [3.63, 3.8) is 0 Å². The van der Waals surface area contributed by atoms with Crippen LogP contribution in [-0.2, 0) is 0 Å². The highest BCUT2D eigenvalue weighted by molar-refractivity contribution is 6.42. The van der Waals surface area contributed by atoms with Gasteiger partial charge in [-0.15, -0.1) is 12.4 Å². The van der Waals surface area contributed by atoms with Gasteiger partial charge < -0.3 is 5.32 Å². The van der Waals surface area contributed by atoms with Crippen LogP contribution in [0, 0.1) is 0 Å². The first-order valence-electron chi connectivity index (χ1n) is 9.43. The SMILES string of the molecule is Cl.[2H]c1c([2H])c([C@@H]2CC[C@H](NC([2H])([2H])[2H])c3ccccc32)c([2H])c(Cl)c1Cl. The second kappa shape index (κ2) is 7.02.